The van der Waals surface area contributed by atoms with Crippen molar-refractivity contribution in [3.8, 4) is 22.6 Å². The van der Waals surface area contributed by atoms with Crippen LogP contribution in [0.15, 0.2) is 70.6 Å². The molecule has 0 unspecified atom stereocenters. The molecule has 1 atom stereocenters. The topological polar surface area (TPSA) is 81.8 Å². The fraction of sp³-hybridized carbons (Fsp3) is 0.200. The lowest BCUT2D eigenvalue weighted by Gasteiger charge is -2.22. The van der Waals surface area contributed by atoms with E-state index in [2.05, 4.69) is 15.3 Å². The SMILES string of the molecule is Cc1cc([C@@H](C)Nc2ccc(F)cc2C(F)(F)F)c2cc(-c3cnc(-c4ccn(C)c(=O)c4Cl)nc3)n(C)c(=O)c2c1. The number of pyridine rings is 2. The van der Waals surface area contributed by atoms with E-state index in [9.17, 15) is 27.2 Å². The molecule has 5 aromatic rings. The summed E-state index contributed by atoms with van der Waals surface area (Å²) in [5.74, 6) is -0.777. The minimum atomic E-state index is -4.77. The molecule has 0 saturated heterocycles. The molecule has 3 aromatic heterocycles. The molecule has 0 radical (unpaired) electrons. The summed E-state index contributed by atoms with van der Waals surface area (Å²) in [6.45, 7) is 3.46. The van der Waals surface area contributed by atoms with Crippen molar-refractivity contribution >= 4 is 28.1 Å². The smallest absolute Gasteiger partial charge is 0.378 e. The lowest BCUT2D eigenvalue weighted by molar-refractivity contribution is -0.137. The predicted molar refractivity (Wildman–Crippen MR) is 154 cm³/mol. The van der Waals surface area contributed by atoms with Gasteiger partial charge in [-0.15, -0.1) is 0 Å². The van der Waals surface area contributed by atoms with Crippen LogP contribution in [0.25, 0.3) is 33.4 Å². The van der Waals surface area contributed by atoms with E-state index >= 15 is 0 Å². The first-order valence-electron chi connectivity index (χ1n) is 12.7. The number of anilines is 1. The molecule has 0 fully saturated rings. The van der Waals surface area contributed by atoms with Crippen LogP contribution in [0.2, 0.25) is 5.02 Å². The van der Waals surface area contributed by atoms with Gasteiger partial charge in [0.05, 0.1) is 11.3 Å². The van der Waals surface area contributed by atoms with Crippen LogP contribution >= 0.6 is 11.6 Å². The minimum Gasteiger partial charge on any atom is -0.378 e. The summed E-state index contributed by atoms with van der Waals surface area (Å²) in [7, 11) is 3.17. The van der Waals surface area contributed by atoms with Crippen molar-refractivity contribution in [2.45, 2.75) is 26.1 Å². The van der Waals surface area contributed by atoms with Crippen molar-refractivity contribution in [1.82, 2.24) is 19.1 Å². The highest BCUT2D eigenvalue weighted by molar-refractivity contribution is 6.32. The highest BCUT2D eigenvalue weighted by Gasteiger charge is 2.34. The molecule has 216 valence electrons. The Labute approximate surface area is 242 Å². The lowest BCUT2D eigenvalue weighted by Crippen LogP contribution is -2.20. The van der Waals surface area contributed by atoms with E-state index in [0.29, 0.717) is 39.2 Å². The fourth-order valence-electron chi connectivity index (χ4n) is 4.88. The number of hydrogen-bond acceptors (Lipinski definition) is 5. The lowest BCUT2D eigenvalue weighted by atomic mass is 9.96. The van der Waals surface area contributed by atoms with E-state index in [1.165, 1.54) is 21.5 Å². The van der Waals surface area contributed by atoms with Crippen LogP contribution in [-0.4, -0.2) is 19.1 Å². The van der Waals surface area contributed by atoms with Crippen LogP contribution in [-0.2, 0) is 20.3 Å². The van der Waals surface area contributed by atoms with Crippen LogP contribution in [0.1, 0.15) is 29.7 Å². The molecule has 0 amide bonds. The molecule has 0 saturated carbocycles. The molecule has 2 aromatic carbocycles. The Hall–Kier alpha value is -4.51. The largest absolute Gasteiger partial charge is 0.418 e. The number of rotatable bonds is 5. The van der Waals surface area contributed by atoms with Crippen molar-refractivity contribution in [2.75, 3.05) is 5.32 Å². The summed E-state index contributed by atoms with van der Waals surface area (Å²) in [4.78, 5) is 34.4. The maximum atomic E-state index is 13.7. The number of hydrogen-bond donors (Lipinski definition) is 1. The van der Waals surface area contributed by atoms with E-state index in [1.807, 2.05) is 0 Å². The average molecular weight is 598 g/mol. The zero-order chi connectivity index (χ0) is 30.5. The number of nitrogens with zero attached hydrogens (tertiary/aromatic N) is 4. The molecule has 1 N–H and O–H groups in total. The standard InChI is InChI=1S/C30H24ClF4N5O2/c1-15-9-20(16(2)38-24-6-5-18(32)11-23(24)30(33,34)35)21-12-25(40(4)28(41)22(21)10-15)17-13-36-27(37-14-17)19-7-8-39(3)29(42)26(19)31/h5-14,16,38H,1-4H3/t16-/m1/s1. The van der Waals surface area contributed by atoms with Crippen LogP contribution in [0.3, 0.4) is 0 Å². The summed E-state index contributed by atoms with van der Waals surface area (Å²) >= 11 is 6.22. The third-order valence-electron chi connectivity index (χ3n) is 7.06. The molecular formula is C30H24ClF4N5O2. The second-order valence-electron chi connectivity index (χ2n) is 10.0. The van der Waals surface area contributed by atoms with Gasteiger partial charge in [-0.2, -0.15) is 13.2 Å². The molecule has 42 heavy (non-hydrogen) atoms. The van der Waals surface area contributed by atoms with Gasteiger partial charge < -0.3 is 14.5 Å². The zero-order valence-corrected chi connectivity index (χ0v) is 23.6. The van der Waals surface area contributed by atoms with E-state index in [-0.39, 0.29) is 22.1 Å². The Morgan fingerprint density at radius 2 is 1.64 bits per heavy atom. The van der Waals surface area contributed by atoms with Gasteiger partial charge in [-0.1, -0.05) is 17.7 Å². The maximum Gasteiger partial charge on any atom is 0.418 e. The van der Waals surface area contributed by atoms with Gasteiger partial charge in [0.15, 0.2) is 5.82 Å². The van der Waals surface area contributed by atoms with Crippen molar-refractivity contribution in [3.05, 3.63) is 109 Å². The fourth-order valence-corrected chi connectivity index (χ4v) is 5.16. The summed E-state index contributed by atoms with van der Waals surface area (Å²) in [6.07, 6.45) is -0.220. The van der Waals surface area contributed by atoms with Gasteiger partial charge in [0.1, 0.15) is 10.8 Å². The van der Waals surface area contributed by atoms with Gasteiger partial charge in [0, 0.05) is 60.9 Å². The first kappa shape index (κ1) is 29.0. The number of aromatic nitrogens is 4. The second-order valence-corrected chi connectivity index (χ2v) is 10.4. The van der Waals surface area contributed by atoms with Crippen molar-refractivity contribution in [2.24, 2.45) is 14.1 Å². The summed E-state index contributed by atoms with van der Waals surface area (Å²) in [6, 6.07) is 8.64. The monoisotopic (exact) mass is 597 g/mol. The summed E-state index contributed by atoms with van der Waals surface area (Å²) in [5, 5.41) is 3.73. The summed E-state index contributed by atoms with van der Waals surface area (Å²) in [5.41, 5.74) is 0.494. The highest BCUT2D eigenvalue weighted by Crippen LogP contribution is 2.38. The van der Waals surface area contributed by atoms with Crippen LogP contribution < -0.4 is 16.4 Å². The molecule has 0 aliphatic heterocycles. The first-order chi connectivity index (χ1) is 19.8. The average Bonchev–Trinajstić information content (AvgIpc) is 2.94. The van der Waals surface area contributed by atoms with Crippen molar-refractivity contribution in [1.29, 1.82) is 0 Å². The van der Waals surface area contributed by atoms with Gasteiger partial charge >= 0.3 is 6.18 Å². The number of benzene rings is 2. The van der Waals surface area contributed by atoms with Gasteiger partial charge in [-0.3, -0.25) is 9.59 Å². The Bertz CT molecular complexity index is 1970. The number of aryl methyl sites for hydroxylation is 2. The first-order valence-corrected chi connectivity index (χ1v) is 13.1. The normalized spacial score (nSPS) is 12.5. The summed E-state index contributed by atoms with van der Waals surface area (Å²) < 4.78 is 57.4. The predicted octanol–water partition coefficient (Wildman–Crippen LogP) is 6.65. The van der Waals surface area contributed by atoms with Gasteiger partial charge in [-0.05, 0) is 66.8 Å². The van der Waals surface area contributed by atoms with E-state index in [0.717, 1.165) is 17.7 Å². The van der Waals surface area contributed by atoms with Gasteiger partial charge in [-0.25, -0.2) is 14.4 Å². The molecule has 0 bridgehead atoms. The molecule has 7 nitrogen and oxygen atoms in total. The molecule has 12 heteroatoms. The van der Waals surface area contributed by atoms with E-state index < -0.39 is 29.2 Å². The molecular weight excluding hydrogens is 574 g/mol. The Morgan fingerprint density at radius 3 is 2.31 bits per heavy atom. The molecule has 0 spiro atoms. The Morgan fingerprint density at radius 1 is 0.952 bits per heavy atom. The number of fused-ring (bicyclic) bond motifs is 1. The van der Waals surface area contributed by atoms with Crippen molar-refractivity contribution in [3.63, 3.8) is 0 Å². The van der Waals surface area contributed by atoms with E-state index in [1.54, 1.807) is 58.4 Å². The maximum absolute atomic E-state index is 13.7. The zero-order valence-electron chi connectivity index (χ0n) is 22.8. The van der Waals surface area contributed by atoms with Crippen LogP contribution in [0.4, 0.5) is 23.2 Å². The minimum absolute atomic E-state index is 0.0258. The second kappa shape index (κ2) is 10.7. The van der Waals surface area contributed by atoms with Crippen LogP contribution in [0.5, 0.6) is 0 Å². The highest BCUT2D eigenvalue weighted by atomic mass is 35.5. The third-order valence-corrected chi connectivity index (χ3v) is 7.42. The van der Waals surface area contributed by atoms with E-state index in [4.69, 9.17) is 11.6 Å². The van der Waals surface area contributed by atoms with Gasteiger partial charge in [0.2, 0.25) is 0 Å². The Balaban J connectivity index is 1.60. The van der Waals surface area contributed by atoms with Crippen LogP contribution in [0, 0.1) is 12.7 Å². The third kappa shape index (κ3) is 5.27. The molecule has 3 heterocycles. The van der Waals surface area contributed by atoms with Crippen molar-refractivity contribution < 1.29 is 17.6 Å². The molecule has 5 rings (SSSR count). The Kier molecular flexibility index (Phi) is 7.40. The quantitative estimate of drug-likeness (QED) is 0.229. The van der Waals surface area contributed by atoms with Gasteiger partial charge in [0.25, 0.3) is 11.1 Å². The number of halogens is 5. The molecule has 0 aliphatic carbocycles. The molecule has 0 aliphatic rings. The number of alkyl halides is 3. The number of nitrogens with one attached hydrogen (secondary N) is 1.